The third kappa shape index (κ3) is 8.72. The standard InChI is InChI=1S/C8H20B2N2O4/c1-9(15)11-6-4-3-5-7(8(13)14)12-10(2)16/h7,11-12,15-16H,3-6H2,1-2H3,(H,13,14). The summed E-state index contributed by atoms with van der Waals surface area (Å²) in [6.45, 7) is 3.78. The van der Waals surface area contributed by atoms with Crippen molar-refractivity contribution in [3.05, 3.63) is 0 Å². The van der Waals surface area contributed by atoms with Crippen LogP contribution < -0.4 is 10.5 Å². The van der Waals surface area contributed by atoms with Gasteiger partial charge in [0.15, 0.2) is 0 Å². The van der Waals surface area contributed by atoms with Crippen LogP contribution in [0.4, 0.5) is 0 Å². The van der Waals surface area contributed by atoms with Crippen LogP contribution in [0.3, 0.4) is 0 Å². The molecule has 0 heterocycles. The van der Waals surface area contributed by atoms with E-state index < -0.39 is 26.1 Å². The van der Waals surface area contributed by atoms with Gasteiger partial charge in [-0.2, -0.15) is 0 Å². The minimum Gasteiger partial charge on any atom is -0.480 e. The number of carboxylic acids is 1. The van der Waals surface area contributed by atoms with Crippen molar-refractivity contribution in [3.8, 4) is 0 Å². The van der Waals surface area contributed by atoms with E-state index in [2.05, 4.69) is 10.5 Å². The average molecular weight is 230 g/mol. The van der Waals surface area contributed by atoms with Gasteiger partial charge >= 0.3 is 20.1 Å². The van der Waals surface area contributed by atoms with Crippen LogP contribution in [-0.4, -0.2) is 47.8 Å². The van der Waals surface area contributed by atoms with Gasteiger partial charge in [0.25, 0.3) is 0 Å². The van der Waals surface area contributed by atoms with E-state index >= 15 is 0 Å². The van der Waals surface area contributed by atoms with Crippen molar-refractivity contribution in [2.75, 3.05) is 6.54 Å². The third-order valence-corrected chi connectivity index (χ3v) is 2.10. The molecule has 0 fully saturated rings. The Morgan fingerprint density at radius 1 is 1.25 bits per heavy atom. The largest absolute Gasteiger partial charge is 0.480 e. The molecule has 0 aromatic rings. The average Bonchev–Trinajstić information content (AvgIpc) is 2.14. The molecule has 0 rings (SSSR count). The predicted octanol–water partition coefficient (Wildman–Crippen LogP) is -0.990. The fourth-order valence-corrected chi connectivity index (χ4v) is 1.35. The molecule has 0 radical (unpaired) electrons. The Morgan fingerprint density at radius 3 is 2.31 bits per heavy atom. The first-order valence-electron chi connectivity index (χ1n) is 5.52. The van der Waals surface area contributed by atoms with Gasteiger partial charge in [-0.3, -0.25) is 4.79 Å². The molecule has 16 heavy (non-hydrogen) atoms. The Balaban J connectivity index is 3.64. The van der Waals surface area contributed by atoms with Gasteiger partial charge in [0.1, 0.15) is 0 Å². The maximum atomic E-state index is 10.8. The lowest BCUT2D eigenvalue weighted by molar-refractivity contribution is -0.139. The smallest absolute Gasteiger partial charge is 0.374 e. The first kappa shape index (κ1) is 15.4. The lowest BCUT2D eigenvalue weighted by Crippen LogP contribution is -2.44. The number of carbonyl (C=O) groups is 1. The van der Waals surface area contributed by atoms with Gasteiger partial charge in [0.05, 0.1) is 6.04 Å². The molecule has 1 atom stereocenters. The number of nitrogens with one attached hydrogen (secondary N) is 2. The van der Waals surface area contributed by atoms with Crippen molar-refractivity contribution in [2.24, 2.45) is 0 Å². The number of hydrogen-bond acceptors (Lipinski definition) is 5. The lowest BCUT2D eigenvalue weighted by Gasteiger charge is -2.14. The Hall–Kier alpha value is -0.560. The van der Waals surface area contributed by atoms with E-state index in [1.54, 1.807) is 6.82 Å². The normalized spacial score (nSPS) is 12.2. The lowest BCUT2D eigenvalue weighted by atomic mass is 9.86. The Kier molecular flexibility index (Phi) is 8.28. The van der Waals surface area contributed by atoms with E-state index in [0.29, 0.717) is 13.0 Å². The van der Waals surface area contributed by atoms with Crippen molar-refractivity contribution >= 4 is 20.1 Å². The van der Waals surface area contributed by atoms with Gasteiger partial charge < -0.3 is 25.6 Å². The van der Waals surface area contributed by atoms with Crippen LogP contribution in [0.25, 0.3) is 0 Å². The molecule has 0 aliphatic heterocycles. The number of rotatable bonds is 9. The fourth-order valence-electron chi connectivity index (χ4n) is 1.35. The first-order chi connectivity index (χ1) is 7.43. The van der Waals surface area contributed by atoms with Gasteiger partial charge in [0.2, 0.25) is 0 Å². The highest BCUT2D eigenvalue weighted by molar-refractivity contribution is 6.46. The Bertz CT molecular complexity index is 204. The van der Waals surface area contributed by atoms with E-state index in [1.165, 1.54) is 6.82 Å². The van der Waals surface area contributed by atoms with Gasteiger partial charge in [-0.05, 0) is 33.0 Å². The highest BCUT2D eigenvalue weighted by Crippen LogP contribution is 2.01. The van der Waals surface area contributed by atoms with Crippen molar-refractivity contribution in [1.82, 2.24) is 10.5 Å². The van der Waals surface area contributed by atoms with Crippen molar-refractivity contribution in [2.45, 2.75) is 39.0 Å². The molecular weight excluding hydrogens is 210 g/mol. The number of hydrogen-bond donors (Lipinski definition) is 5. The molecule has 0 amide bonds. The quantitative estimate of drug-likeness (QED) is 0.257. The second-order valence-electron chi connectivity index (χ2n) is 3.86. The molecule has 6 nitrogen and oxygen atoms in total. The summed E-state index contributed by atoms with van der Waals surface area (Å²) < 4.78 is 0. The van der Waals surface area contributed by atoms with Crippen molar-refractivity contribution in [3.63, 3.8) is 0 Å². The molecule has 0 aliphatic carbocycles. The van der Waals surface area contributed by atoms with Crippen LogP contribution in [0.15, 0.2) is 0 Å². The molecule has 0 saturated carbocycles. The molecule has 0 bridgehead atoms. The molecular formula is C8H20B2N2O4. The van der Waals surface area contributed by atoms with Gasteiger partial charge in [-0.15, -0.1) is 0 Å². The molecule has 0 saturated heterocycles. The van der Waals surface area contributed by atoms with Gasteiger partial charge in [-0.25, -0.2) is 0 Å². The van der Waals surface area contributed by atoms with E-state index in [9.17, 15) is 4.79 Å². The maximum absolute atomic E-state index is 10.8. The van der Waals surface area contributed by atoms with E-state index in [-0.39, 0.29) is 0 Å². The summed E-state index contributed by atoms with van der Waals surface area (Å²) in [5.41, 5.74) is 0. The molecule has 92 valence electrons. The Morgan fingerprint density at radius 2 is 1.88 bits per heavy atom. The maximum Gasteiger partial charge on any atom is 0.374 e. The number of aliphatic carboxylic acids is 1. The molecule has 0 spiro atoms. The predicted molar refractivity (Wildman–Crippen MR) is 64.1 cm³/mol. The van der Waals surface area contributed by atoms with Crippen LogP contribution >= 0.6 is 0 Å². The van der Waals surface area contributed by atoms with Crippen LogP contribution in [0.5, 0.6) is 0 Å². The summed E-state index contributed by atoms with van der Waals surface area (Å²) in [6.07, 6.45) is 1.97. The van der Waals surface area contributed by atoms with Crippen molar-refractivity contribution < 1.29 is 19.9 Å². The van der Waals surface area contributed by atoms with Crippen LogP contribution in [0.1, 0.15) is 19.3 Å². The third-order valence-electron chi connectivity index (χ3n) is 2.10. The second kappa shape index (κ2) is 8.58. The van der Waals surface area contributed by atoms with Crippen molar-refractivity contribution in [1.29, 1.82) is 0 Å². The highest BCUT2D eigenvalue weighted by atomic mass is 16.4. The minimum absolute atomic E-state index is 0.460. The van der Waals surface area contributed by atoms with Crippen LogP contribution in [-0.2, 0) is 4.79 Å². The topological polar surface area (TPSA) is 102 Å². The monoisotopic (exact) mass is 230 g/mol. The minimum atomic E-state index is -0.954. The zero-order valence-corrected chi connectivity index (χ0v) is 9.81. The summed E-state index contributed by atoms with van der Waals surface area (Å²) >= 11 is 0. The first-order valence-corrected chi connectivity index (χ1v) is 5.52. The van der Waals surface area contributed by atoms with Crippen LogP contribution in [0.2, 0.25) is 13.6 Å². The van der Waals surface area contributed by atoms with Gasteiger partial charge in [0, 0.05) is 0 Å². The molecule has 5 N–H and O–H groups in total. The second-order valence-corrected chi connectivity index (χ2v) is 3.86. The zero-order chi connectivity index (χ0) is 12.6. The molecule has 8 heteroatoms. The van der Waals surface area contributed by atoms with E-state index in [0.717, 1.165) is 12.8 Å². The molecule has 1 unspecified atom stereocenters. The molecule has 0 aliphatic rings. The molecule has 0 aromatic heterocycles. The summed E-state index contributed by atoms with van der Waals surface area (Å²) in [5, 5.41) is 32.2. The van der Waals surface area contributed by atoms with Crippen LogP contribution in [0, 0.1) is 0 Å². The Labute approximate surface area is 96.7 Å². The van der Waals surface area contributed by atoms with Gasteiger partial charge in [-0.1, -0.05) is 6.42 Å². The van der Waals surface area contributed by atoms with E-state index in [4.69, 9.17) is 15.2 Å². The molecule has 0 aromatic carbocycles. The number of carboxylic acid groups (broad SMARTS) is 1. The van der Waals surface area contributed by atoms with E-state index in [1.807, 2.05) is 0 Å². The summed E-state index contributed by atoms with van der Waals surface area (Å²) in [4.78, 5) is 10.8. The highest BCUT2D eigenvalue weighted by Gasteiger charge is 2.19. The summed E-state index contributed by atoms with van der Waals surface area (Å²) in [5.74, 6) is -0.954. The summed E-state index contributed by atoms with van der Waals surface area (Å²) in [6, 6.07) is -0.716. The number of unbranched alkanes of at least 4 members (excludes halogenated alkanes) is 1. The SMILES string of the molecule is CB(O)NCCCCC(NB(C)O)C(=O)O. The fraction of sp³-hybridized carbons (Fsp3) is 0.875. The summed E-state index contributed by atoms with van der Waals surface area (Å²) in [7, 11) is -1.36. The zero-order valence-electron chi connectivity index (χ0n) is 9.81.